The van der Waals surface area contributed by atoms with E-state index in [1.807, 2.05) is 0 Å². The lowest BCUT2D eigenvalue weighted by Crippen LogP contribution is -2.30. The van der Waals surface area contributed by atoms with Crippen LogP contribution in [0.5, 0.6) is 0 Å². The summed E-state index contributed by atoms with van der Waals surface area (Å²) in [6.45, 7) is 1.42. The van der Waals surface area contributed by atoms with Crippen LogP contribution >= 0.6 is 0 Å². The SMILES string of the molecule is CS(=O)(=O)CCNCCn1cccnc1=O. The van der Waals surface area contributed by atoms with Crippen LogP contribution in [-0.2, 0) is 16.4 Å². The molecule has 0 aliphatic carbocycles. The normalized spacial score (nSPS) is 11.6. The zero-order chi connectivity index (χ0) is 12.0. The number of hydrogen-bond acceptors (Lipinski definition) is 5. The van der Waals surface area contributed by atoms with E-state index in [1.165, 1.54) is 17.0 Å². The third-order valence-electron chi connectivity index (χ3n) is 1.96. The molecule has 0 spiro atoms. The summed E-state index contributed by atoms with van der Waals surface area (Å²) in [6, 6.07) is 1.68. The molecule has 7 heteroatoms. The van der Waals surface area contributed by atoms with E-state index < -0.39 is 9.84 Å². The molecule has 0 aliphatic rings. The number of nitrogens with zero attached hydrogens (tertiary/aromatic N) is 2. The highest BCUT2D eigenvalue weighted by Crippen LogP contribution is 1.81. The molecule has 0 radical (unpaired) electrons. The average molecular weight is 245 g/mol. The summed E-state index contributed by atoms with van der Waals surface area (Å²) in [6.07, 6.45) is 4.28. The van der Waals surface area contributed by atoms with Crippen LogP contribution in [0, 0.1) is 0 Å². The van der Waals surface area contributed by atoms with Gasteiger partial charge in [0, 0.05) is 38.3 Å². The Bertz CT molecular complexity index is 481. The molecule has 1 N–H and O–H groups in total. The first kappa shape index (κ1) is 12.9. The molecule has 0 aliphatic heterocycles. The number of nitrogens with one attached hydrogen (secondary N) is 1. The van der Waals surface area contributed by atoms with E-state index in [-0.39, 0.29) is 11.4 Å². The van der Waals surface area contributed by atoms with Crippen LogP contribution in [-0.4, -0.2) is 43.1 Å². The number of hydrogen-bond donors (Lipinski definition) is 1. The van der Waals surface area contributed by atoms with Crippen LogP contribution in [0.2, 0.25) is 0 Å². The van der Waals surface area contributed by atoms with Gasteiger partial charge in [0.05, 0.1) is 5.75 Å². The topological polar surface area (TPSA) is 81.1 Å². The first-order valence-electron chi connectivity index (χ1n) is 4.89. The van der Waals surface area contributed by atoms with Gasteiger partial charge in [0.1, 0.15) is 9.84 Å². The summed E-state index contributed by atoms with van der Waals surface area (Å²) in [7, 11) is -2.92. The van der Waals surface area contributed by atoms with Gasteiger partial charge in [-0.3, -0.25) is 4.57 Å². The Morgan fingerprint density at radius 2 is 2.19 bits per heavy atom. The fourth-order valence-corrected chi connectivity index (χ4v) is 1.65. The molecule has 0 fully saturated rings. The van der Waals surface area contributed by atoms with Gasteiger partial charge >= 0.3 is 5.69 Å². The average Bonchev–Trinajstić information content (AvgIpc) is 2.18. The zero-order valence-electron chi connectivity index (χ0n) is 9.09. The van der Waals surface area contributed by atoms with Crippen LogP contribution in [0.1, 0.15) is 0 Å². The predicted molar refractivity (Wildman–Crippen MR) is 61.1 cm³/mol. The molecule has 0 aromatic carbocycles. The van der Waals surface area contributed by atoms with Crippen LogP contribution in [0.4, 0.5) is 0 Å². The zero-order valence-corrected chi connectivity index (χ0v) is 9.90. The van der Waals surface area contributed by atoms with Crippen molar-refractivity contribution in [3.8, 4) is 0 Å². The molecule has 90 valence electrons. The Kier molecular flexibility index (Phi) is 4.63. The molecular formula is C9H15N3O3S. The van der Waals surface area contributed by atoms with E-state index >= 15 is 0 Å². The van der Waals surface area contributed by atoms with E-state index in [1.54, 1.807) is 12.3 Å². The third kappa shape index (κ3) is 5.04. The number of aromatic nitrogens is 2. The fraction of sp³-hybridized carbons (Fsp3) is 0.556. The maximum Gasteiger partial charge on any atom is 0.347 e. The molecule has 1 aromatic heterocycles. The van der Waals surface area contributed by atoms with E-state index in [2.05, 4.69) is 10.3 Å². The highest BCUT2D eigenvalue weighted by molar-refractivity contribution is 7.90. The molecule has 0 saturated carbocycles. The molecule has 16 heavy (non-hydrogen) atoms. The van der Waals surface area contributed by atoms with Gasteiger partial charge < -0.3 is 5.32 Å². The van der Waals surface area contributed by atoms with Crippen LogP contribution in [0.15, 0.2) is 23.3 Å². The monoisotopic (exact) mass is 245 g/mol. The van der Waals surface area contributed by atoms with Crippen molar-refractivity contribution in [2.24, 2.45) is 0 Å². The minimum Gasteiger partial charge on any atom is -0.314 e. The van der Waals surface area contributed by atoms with Crippen molar-refractivity contribution in [1.82, 2.24) is 14.9 Å². The smallest absolute Gasteiger partial charge is 0.314 e. The molecule has 1 rings (SSSR count). The number of sulfone groups is 1. The minimum absolute atomic E-state index is 0.106. The molecule has 6 nitrogen and oxygen atoms in total. The van der Waals surface area contributed by atoms with Gasteiger partial charge in [-0.1, -0.05) is 0 Å². The molecule has 1 aromatic rings. The Hall–Kier alpha value is -1.21. The lowest BCUT2D eigenvalue weighted by atomic mass is 10.5. The molecule has 0 amide bonds. The number of rotatable bonds is 6. The predicted octanol–water partition coefficient (Wildman–Crippen LogP) is -1.12. The van der Waals surface area contributed by atoms with Gasteiger partial charge in [-0.2, -0.15) is 0 Å². The molecule has 0 saturated heterocycles. The van der Waals surface area contributed by atoms with E-state index in [0.717, 1.165) is 0 Å². The lowest BCUT2D eigenvalue weighted by molar-refractivity contribution is 0.576. The first-order valence-corrected chi connectivity index (χ1v) is 6.95. The molecule has 0 bridgehead atoms. The standard InChI is InChI=1S/C9H15N3O3S/c1-16(14,15)8-5-10-4-7-12-6-2-3-11-9(12)13/h2-3,6,10H,4-5,7-8H2,1H3. The van der Waals surface area contributed by atoms with Gasteiger partial charge in [-0.05, 0) is 6.07 Å². The van der Waals surface area contributed by atoms with Crippen LogP contribution < -0.4 is 11.0 Å². The van der Waals surface area contributed by atoms with E-state index in [4.69, 9.17) is 0 Å². The highest BCUT2D eigenvalue weighted by atomic mass is 32.2. The summed E-state index contributed by atoms with van der Waals surface area (Å²) in [5.74, 6) is 0.106. The van der Waals surface area contributed by atoms with Crippen molar-refractivity contribution in [3.63, 3.8) is 0 Å². The van der Waals surface area contributed by atoms with Crippen molar-refractivity contribution in [2.45, 2.75) is 6.54 Å². The Morgan fingerprint density at radius 1 is 1.44 bits per heavy atom. The summed E-state index contributed by atoms with van der Waals surface area (Å²) < 4.78 is 23.1. The van der Waals surface area contributed by atoms with Crippen molar-refractivity contribution in [1.29, 1.82) is 0 Å². The summed E-state index contributed by atoms with van der Waals surface area (Å²) in [5.41, 5.74) is -0.299. The highest BCUT2D eigenvalue weighted by Gasteiger charge is 2.00. The summed E-state index contributed by atoms with van der Waals surface area (Å²) >= 11 is 0. The largest absolute Gasteiger partial charge is 0.347 e. The Labute approximate surface area is 94.2 Å². The van der Waals surface area contributed by atoms with Crippen LogP contribution in [0.3, 0.4) is 0 Å². The Morgan fingerprint density at radius 3 is 2.81 bits per heavy atom. The maximum absolute atomic E-state index is 11.2. The van der Waals surface area contributed by atoms with Crippen molar-refractivity contribution in [2.75, 3.05) is 25.1 Å². The van der Waals surface area contributed by atoms with Gasteiger partial charge in [-0.25, -0.2) is 18.2 Å². The molecule has 0 atom stereocenters. The summed E-state index contributed by atoms with van der Waals surface area (Å²) in [5, 5.41) is 2.95. The minimum atomic E-state index is -2.92. The van der Waals surface area contributed by atoms with Gasteiger partial charge in [0.25, 0.3) is 0 Å². The van der Waals surface area contributed by atoms with Crippen LogP contribution in [0.25, 0.3) is 0 Å². The second-order valence-electron chi connectivity index (χ2n) is 3.48. The van der Waals surface area contributed by atoms with Crippen molar-refractivity contribution >= 4 is 9.84 Å². The second kappa shape index (κ2) is 5.76. The van der Waals surface area contributed by atoms with Crippen molar-refractivity contribution in [3.05, 3.63) is 28.9 Å². The summed E-state index contributed by atoms with van der Waals surface area (Å²) in [4.78, 5) is 14.8. The maximum atomic E-state index is 11.2. The van der Waals surface area contributed by atoms with Gasteiger partial charge in [0.15, 0.2) is 0 Å². The molecule has 0 unspecified atom stereocenters. The Balaban J connectivity index is 2.27. The fourth-order valence-electron chi connectivity index (χ4n) is 1.14. The second-order valence-corrected chi connectivity index (χ2v) is 5.74. The van der Waals surface area contributed by atoms with Gasteiger partial charge in [-0.15, -0.1) is 0 Å². The van der Waals surface area contributed by atoms with E-state index in [0.29, 0.717) is 19.6 Å². The lowest BCUT2D eigenvalue weighted by Gasteiger charge is -2.05. The molecular weight excluding hydrogens is 230 g/mol. The first-order chi connectivity index (χ1) is 7.49. The van der Waals surface area contributed by atoms with E-state index in [9.17, 15) is 13.2 Å². The molecule has 1 heterocycles. The van der Waals surface area contributed by atoms with Crippen molar-refractivity contribution < 1.29 is 8.42 Å². The van der Waals surface area contributed by atoms with Gasteiger partial charge in [0.2, 0.25) is 0 Å². The third-order valence-corrected chi connectivity index (χ3v) is 2.91. The quantitative estimate of drug-likeness (QED) is 0.642.